The van der Waals surface area contributed by atoms with Crippen molar-refractivity contribution in [3.8, 4) is 11.6 Å². The lowest BCUT2D eigenvalue weighted by atomic mass is 9.82. The van der Waals surface area contributed by atoms with Crippen LogP contribution in [0.1, 0.15) is 33.3 Å². The van der Waals surface area contributed by atoms with Crippen LogP contribution in [0.2, 0.25) is 5.02 Å². The Balaban J connectivity index is 2.14. The Morgan fingerprint density at radius 3 is 2.60 bits per heavy atom. The fourth-order valence-corrected chi connectivity index (χ4v) is 2.38. The number of pyridine rings is 1. The summed E-state index contributed by atoms with van der Waals surface area (Å²) in [6.45, 7) is 6.07. The van der Waals surface area contributed by atoms with Crippen LogP contribution in [-0.2, 0) is 16.1 Å². The van der Waals surface area contributed by atoms with Crippen molar-refractivity contribution in [2.75, 3.05) is 6.61 Å². The van der Waals surface area contributed by atoms with Gasteiger partial charge in [0.2, 0.25) is 5.88 Å². The van der Waals surface area contributed by atoms with E-state index in [9.17, 15) is 14.3 Å². The van der Waals surface area contributed by atoms with E-state index in [1.54, 1.807) is 39.8 Å². The predicted molar refractivity (Wildman–Crippen MR) is 111 cm³/mol. The van der Waals surface area contributed by atoms with Crippen molar-refractivity contribution < 1.29 is 33.5 Å². The van der Waals surface area contributed by atoms with Gasteiger partial charge in [0.25, 0.3) is 0 Å². The number of halogens is 2. The molecule has 1 aromatic carbocycles. The maximum atomic E-state index is 14.3. The van der Waals surface area contributed by atoms with Crippen LogP contribution in [0.3, 0.4) is 0 Å². The van der Waals surface area contributed by atoms with E-state index < -0.39 is 29.6 Å². The molecule has 0 radical (unpaired) electrons. The molecule has 0 bridgehead atoms. The van der Waals surface area contributed by atoms with Crippen LogP contribution in [0.4, 0.5) is 4.39 Å². The molecule has 1 aromatic heterocycles. The van der Waals surface area contributed by atoms with Crippen LogP contribution in [0.25, 0.3) is 0 Å². The van der Waals surface area contributed by atoms with E-state index in [4.69, 9.17) is 30.8 Å². The molecule has 7 nitrogen and oxygen atoms in total. The van der Waals surface area contributed by atoms with E-state index in [0.29, 0.717) is 5.56 Å². The quantitative estimate of drug-likeness (QED) is 0.549. The zero-order valence-corrected chi connectivity index (χ0v) is 18.0. The minimum absolute atomic E-state index is 0.0242. The third-order valence-corrected chi connectivity index (χ3v) is 5.02. The molecule has 162 valence electrons. The van der Waals surface area contributed by atoms with Gasteiger partial charge < -0.3 is 24.3 Å². The number of nitrogens with zero attached hydrogens (tertiary/aromatic N) is 1. The average molecular weight is 440 g/mol. The summed E-state index contributed by atoms with van der Waals surface area (Å²) in [5.74, 6) is -1.36. The lowest BCUT2D eigenvalue weighted by molar-refractivity contribution is -0.139. The summed E-state index contributed by atoms with van der Waals surface area (Å²) in [6, 6.07) is 5.86. The van der Waals surface area contributed by atoms with E-state index in [1.807, 2.05) is 0 Å². The Bertz CT molecular complexity index is 903. The van der Waals surface area contributed by atoms with Crippen molar-refractivity contribution in [1.82, 2.24) is 4.98 Å². The number of carbonyl (C=O) groups is 1. The van der Waals surface area contributed by atoms with Crippen molar-refractivity contribution >= 4 is 30.5 Å². The summed E-state index contributed by atoms with van der Waals surface area (Å²) < 4.78 is 30.9. The van der Waals surface area contributed by atoms with Crippen molar-refractivity contribution in [1.29, 1.82) is 0 Å². The lowest BCUT2D eigenvalue weighted by Gasteiger charge is -2.37. The first-order valence-electron chi connectivity index (χ1n) is 9.16. The smallest absolute Gasteiger partial charge is 0.341 e. The van der Waals surface area contributed by atoms with E-state index >= 15 is 0 Å². The molecular weight excluding hydrogens is 415 g/mol. The maximum absolute atomic E-state index is 14.3. The normalized spacial score (nSPS) is 11.8. The van der Waals surface area contributed by atoms with Crippen molar-refractivity contribution in [2.24, 2.45) is 0 Å². The average Bonchev–Trinajstić information content (AvgIpc) is 2.64. The third-order valence-electron chi connectivity index (χ3n) is 4.73. The lowest BCUT2D eigenvalue weighted by Crippen LogP contribution is -2.49. The number of hydrogen-bond donors (Lipinski definition) is 2. The fraction of sp³-hybridized carbons (Fsp3) is 0.400. The molecule has 0 aliphatic heterocycles. The molecule has 0 saturated carbocycles. The SMILES string of the molecule is CC(C)(O)C(C)(C)OBc1cc(OCc2cccnc2OCC(=O)O)c(Cl)cc1F. The first kappa shape index (κ1) is 23.9. The molecule has 0 amide bonds. The maximum Gasteiger partial charge on any atom is 0.341 e. The number of rotatable bonds is 10. The van der Waals surface area contributed by atoms with Gasteiger partial charge in [-0.05, 0) is 57.4 Å². The number of aromatic nitrogens is 1. The predicted octanol–water partition coefficient (Wildman–Crippen LogP) is 2.46. The number of aliphatic carboxylic acids is 1. The number of carboxylic acids is 1. The standard InChI is InChI=1S/C20H24BClFNO6/c1-19(2,27)20(3,4)30-21-13-8-16(14(22)9-15(13)23)28-10-12-6-5-7-24-18(12)29-11-17(25)26/h5-9,21,27H,10-11H2,1-4H3,(H,25,26). The number of aliphatic hydroxyl groups is 1. The summed E-state index contributed by atoms with van der Waals surface area (Å²) in [4.78, 5) is 14.7. The highest BCUT2D eigenvalue weighted by molar-refractivity contribution is 6.47. The molecule has 10 heteroatoms. The molecule has 0 saturated heterocycles. The second-order valence-corrected chi connectivity index (χ2v) is 8.08. The minimum atomic E-state index is -1.14. The Morgan fingerprint density at radius 1 is 1.27 bits per heavy atom. The van der Waals surface area contributed by atoms with E-state index in [2.05, 4.69) is 4.98 Å². The van der Waals surface area contributed by atoms with Crippen molar-refractivity contribution in [2.45, 2.75) is 45.5 Å². The van der Waals surface area contributed by atoms with Gasteiger partial charge in [-0.2, -0.15) is 0 Å². The highest BCUT2D eigenvalue weighted by Gasteiger charge is 2.36. The number of benzene rings is 1. The Labute approximate surface area is 180 Å². The number of hydrogen-bond acceptors (Lipinski definition) is 6. The molecule has 0 aliphatic rings. The summed E-state index contributed by atoms with van der Waals surface area (Å²) in [5.41, 5.74) is -1.35. The summed E-state index contributed by atoms with van der Waals surface area (Å²) in [6.07, 6.45) is 1.46. The molecule has 0 aliphatic carbocycles. The van der Waals surface area contributed by atoms with Gasteiger partial charge >= 0.3 is 13.5 Å². The molecule has 2 rings (SSSR count). The van der Waals surface area contributed by atoms with Crippen LogP contribution in [-0.4, -0.2) is 46.5 Å². The largest absolute Gasteiger partial charge is 0.487 e. The van der Waals surface area contributed by atoms with E-state index in [1.165, 1.54) is 12.3 Å². The number of ether oxygens (including phenoxy) is 2. The van der Waals surface area contributed by atoms with Crippen LogP contribution in [0.15, 0.2) is 30.5 Å². The monoisotopic (exact) mass is 439 g/mol. The number of carboxylic acid groups (broad SMARTS) is 1. The molecule has 2 aromatic rings. The minimum Gasteiger partial charge on any atom is -0.487 e. The van der Waals surface area contributed by atoms with Crippen molar-refractivity contribution in [3.05, 3.63) is 46.9 Å². The van der Waals surface area contributed by atoms with Crippen LogP contribution in [0.5, 0.6) is 11.6 Å². The Morgan fingerprint density at radius 2 is 1.97 bits per heavy atom. The Kier molecular flexibility index (Phi) is 7.68. The van der Waals surface area contributed by atoms with Gasteiger partial charge in [-0.15, -0.1) is 0 Å². The van der Waals surface area contributed by atoms with Crippen LogP contribution >= 0.6 is 11.6 Å². The van der Waals surface area contributed by atoms with Gasteiger partial charge in [-0.1, -0.05) is 11.6 Å². The van der Waals surface area contributed by atoms with Gasteiger partial charge in [-0.3, -0.25) is 0 Å². The topological polar surface area (TPSA) is 98.1 Å². The van der Waals surface area contributed by atoms with Gasteiger partial charge in [0.05, 0.1) is 21.8 Å². The second-order valence-electron chi connectivity index (χ2n) is 7.67. The molecule has 0 fully saturated rings. The molecule has 0 spiro atoms. The first-order chi connectivity index (χ1) is 13.9. The molecular formula is C20H24BClFNO6. The first-order valence-corrected chi connectivity index (χ1v) is 9.54. The molecule has 30 heavy (non-hydrogen) atoms. The molecule has 1 heterocycles. The van der Waals surface area contributed by atoms with E-state index in [0.717, 1.165) is 6.07 Å². The summed E-state index contributed by atoms with van der Waals surface area (Å²) in [5, 5.41) is 19.0. The second kappa shape index (κ2) is 9.64. The zero-order chi connectivity index (χ0) is 22.5. The third kappa shape index (κ3) is 6.32. The van der Waals surface area contributed by atoms with Crippen LogP contribution < -0.4 is 14.9 Å². The van der Waals surface area contributed by atoms with Gasteiger partial charge in [0, 0.05) is 6.20 Å². The summed E-state index contributed by atoms with van der Waals surface area (Å²) >= 11 is 6.10. The molecule has 2 N–H and O–H groups in total. The summed E-state index contributed by atoms with van der Waals surface area (Å²) in [7, 11) is -0.101. The molecule has 0 unspecified atom stereocenters. The molecule has 0 atom stereocenters. The van der Waals surface area contributed by atoms with Crippen LogP contribution in [0, 0.1) is 5.82 Å². The Hall–Kier alpha value is -2.36. The highest BCUT2D eigenvalue weighted by atomic mass is 35.5. The highest BCUT2D eigenvalue weighted by Crippen LogP contribution is 2.27. The van der Waals surface area contributed by atoms with Gasteiger partial charge in [0.15, 0.2) is 6.61 Å². The fourth-order valence-electron chi connectivity index (χ4n) is 2.18. The van der Waals surface area contributed by atoms with Crippen molar-refractivity contribution in [3.63, 3.8) is 0 Å². The van der Waals surface area contributed by atoms with Gasteiger partial charge in [0.1, 0.15) is 18.2 Å². The van der Waals surface area contributed by atoms with Gasteiger partial charge in [-0.25, -0.2) is 14.2 Å². The van der Waals surface area contributed by atoms with E-state index in [-0.39, 0.29) is 36.2 Å². The zero-order valence-electron chi connectivity index (χ0n) is 17.2.